The second kappa shape index (κ2) is 6.83. The van der Waals surface area contributed by atoms with Crippen molar-refractivity contribution in [1.82, 2.24) is 0 Å². The number of nitriles is 1. The summed E-state index contributed by atoms with van der Waals surface area (Å²) >= 11 is 1.88. The van der Waals surface area contributed by atoms with E-state index in [-0.39, 0.29) is 5.41 Å². The van der Waals surface area contributed by atoms with Gasteiger partial charge >= 0.3 is 0 Å². The van der Waals surface area contributed by atoms with Crippen LogP contribution in [0.1, 0.15) is 43.0 Å². The first-order chi connectivity index (χ1) is 9.99. The molecule has 0 spiro atoms. The zero-order valence-corrected chi connectivity index (χ0v) is 13.7. The van der Waals surface area contributed by atoms with Gasteiger partial charge in [-0.05, 0) is 34.2 Å². The largest absolute Gasteiger partial charge is 0.192 e. The molecule has 1 nitrogen and oxygen atoms in total. The summed E-state index contributed by atoms with van der Waals surface area (Å²) in [6.45, 7) is 6.71. The average molecular weight is 295 g/mol. The molecule has 21 heavy (non-hydrogen) atoms. The van der Waals surface area contributed by atoms with E-state index in [0.29, 0.717) is 0 Å². The first kappa shape index (κ1) is 15.7. The van der Waals surface area contributed by atoms with Crippen LogP contribution in [0, 0.1) is 11.3 Å². The lowest BCUT2D eigenvalue weighted by Gasteiger charge is -2.19. The van der Waals surface area contributed by atoms with Crippen molar-refractivity contribution < 1.29 is 0 Å². The molecule has 2 aromatic rings. The van der Waals surface area contributed by atoms with Crippen molar-refractivity contribution in [2.24, 2.45) is 0 Å². The Morgan fingerprint density at radius 2 is 1.62 bits per heavy atom. The minimum Gasteiger partial charge on any atom is -0.192 e. The summed E-state index contributed by atoms with van der Waals surface area (Å²) in [7, 11) is 0. The monoisotopic (exact) mass is 295 g/mol. The molecule has 0 unspecified atom stereocenters. The Kier molecular flexibility index (Phi) is 5.09. The van der Waals surface area contributed by atoms with Crippen LogP contribution in [0.4, 0.5) is 0 Å². The third-order valence-electron chi connectivity index (χ3n) is 3.41. The maximum absolute atomic E-state index is 8.90. The molecule has 108 valence electrons. The third kappa shape index (κ3) is 4.65. The Balaban J connectivity index is 1.90. The van der Waals surface area contributed by atoms with E-state index in [0.717, 1.165) is 17.1 Å². The number of hydrogen-bond acceptors (Lipinski definition) is 2. The molecule has 0 aromatic heterocycles. The molecular formula is C19H21NS. The van der Waals surface area contributed by atoms with E-state index in [1.165, 1.54) is 16.7 Å². The van der Waals surface area contributed by atoms with Crippen LogP contribution in [-0.4, -0.2) is 0 Å². The molecule has 0 bridgehead atoms. The van der Waals surface area contributed by atoms with Crippen LogP contribution < -0.4 is 0 Å². The molecule has 0 aliphatic heterocycles. The van der Waals surface area contributed by atoms with Gasteiger partial charge in [-0.2, -0.15) is 17.0 Å². The van der Waals surface area contributed by atoms with Crippen molar-refractivity contribution in [3.63, 3.8) is 0 Å². The molecular weight excluding hydrogens is 274 g/mol. The fourth-order valence-corrected chi connectivity index (χ4v) is 3.06. The van der Waals surface area contributed by atoms with Gasteiger partial charge in [0.2, 0.25) is 0 Å². The lowest BCUT2D eigenvalue weighted by Crippen LogP contribution is -2.10. The van der Waals surface area contributed by atoms with Crippen LogP contribution in [0.15, 0.2) is 48.5 Å². The fraction of sp³-hybridized carbons (Fsp3) is 0.316. The minimum atomic E-state index is 0.212. The molecule has 0 saturated carbocycles. The summed E-state index contributed by atoms with van der Waals surface area (Å²) in [6.07, 6.45) is 0. The van der Waals surface area contributed by atoms with E-state index in [2.05, 4.69) is 57.2 Å². The van der Waals surface area contributed by atoms with Crippen LogP contribution in [0.2, 0.25) is 0 Å². The summed E-state index contributed by atoms with van der Waals surface area (Å²) in [5.41, 5.74) is 4.89. The summed E-state index contributed by atoms with van der Waals surface area (Å²) in [6, 6.07) is 18.9. The lowest BCUT2D eigenvalue weighted by atomic mass is 9.87. The molecule has 2 heteroatoms. The van der Waals surface area contributed by atoms with Gasteiger partial charge in [0.1, 0.15) is 0 Å². The summed E-state index contributed by atoms with van der Waals surface area (Å²) in [5, 5.41) is 8.90. The molecule has 0 atom stereocenters. The zero-order valence-electron chi connectivity index (χ0n) is 12.9. The normalized spacial score (nSPS) is 11.1. The van der Waals surface area contributed by atoms with Crippen molar-refractivity contribution in [3.05, 3.63) is 70.8 Å². The molecule has 0 aliphatic rings. The van der Waals surface area contributed by atoms with Crippen LogP contribution >= 0.6 is 11.8 Å². The highest BCUT2D eigenvalue weighted by molar-refractivity contribution is 7.97. The maximum atomic E-state index is 8.90. The van der Waals surface area contributed by atoms with Gasteiger partial charge in [-0.15, -0.1) is 0 Å². The van der Waals surface area contributed by atoms with Gasteiger partial charge < -0.3 is 0 Å². The van der Waals surface area contributed by atoms with Gasteiger partial charge in [0.25, 0.3) is 0 Å². The Labute approximate surface area is 132 Å². The molecule has 0 fully saturated rings. The number of hydrogen-bond donors (Lipinski definition) is 0. The van der Waals surface area contributed by atoms with Gasteiger partial charge in [-0.25, -0.2) is 0 Å². The highest BCUT2D eigenvalue weighted by Gasteiger charge is 2.12. The van der Waals surface area contributed by atoms with E-state index in [4.69, 9.17) is 5.26 Å². The van der Waals surface area contributed by atoms with Gasteiger partial charge in [0.05, 0.1) is 11.6 Å². The highest BCUT2D eigenvalue weighted by atomic mass is 32.2. The molecule has 0 amide bonds. The number of benzene rings is 2. The fourth-order valence-electron chi connectivity index (χ4n) is 2.12. The molecule has 0 heterocycles. The van der Waals surface area contributed by atoms with E-state index < -0.39 is 0 Å². The Bertz CT molecular complexity index is 630. The van der Waals surface area contributed by atoms with Gasteiger partial charge in [0.15, 0.2) is 0 Å². The molecule has 0 aliphatic carbocycles. The molecule has 0 saturated heterocycles. The van der Waals surface area contributed by atoms with Crippen molar-refractivity contribution in [1.29, 1.82) is 5.26 Å². The van der Waals surface area contributed by atoms with Crippen molar-refractivity contribution in [2.75, 3.05) is 0 Å². The van der Waals surface area contributed by atoms with Gasteiger partial charge in [-0.1, -0.05) is 57.2 Å². The number of rotatable bonds is 4. The second-order valence-corrected chi connectivity index (χ2v) is 7.24. The predicted octanol–water partition coefficient (Wildman–Crippen LogP) is 5.29. The minimum absolute atomic E-state index is 0.212. The molecule has 2 rings (SSSR count). The summed E-state index contributed by atoms with van der Waals surface area (Å²) in [5.74, 6) is 1.94. The Morgan fingerprint density at radius 3 is 2.24 bits per heavy atom. The Morgan fingerprint density at radius 1 is 0.952 bits per heavy atom. The van der Waals surface area contributed by atoms with E-state index >= 15 is 0 Å². The second-order valence-electron chi connectivity index (χ2n) is 6.25. The SMILES string of the molecule is CC(C)(C)c1ccc(CSCc2cccc(C#N)c2)cc1. The number of nitrogens with zero attached hydrogens (tertiary/aromatic N) is 1. The average Bonchev–Trinajstić information content (AvgIpc) is 2.47. The first-order valence-electron chi connectivity index (χ1n) is 7.15. The topological polar surface area (TPSA) is 23.8 Å². The lowest BCUT2D eigenvalue weighted by molar-refractivity contribution is 0.590. The van der Waals surface area contributed by atoms with Crippen LogP contribution in [0.3, 0.4) is 0 Å². The smallest absolute Gasteiger partial charge is 0.0991 e. The molecule has 2 aromatic carbocycles. The maximum Gasteiger partial charge on any atom is 0.0991 e. The summed E-state index contributed by atoms with van der Waals surface area (Å²) in [4.78, 5) is 0. The van der Waals surface area contributed by atoms with Gasteiger partial charge in [-0.3, -0.25) is 0 Å². The van der Waals surface area contributed by atoms with E-state index in [9.17, 15) is 0 Å². The van der Waals surface area contributed by atoms with Crippen molar-refractivity contribution >= 4 is 11.8 Å². The number of thioether (sulfide) groups is 1. The highest BCUT2D eigenvalue weighted by Crippen LogP contribution is 2.24. The quantitative estimate of drug-likeness (QED) is 0.765. The van der Waals surface area contributed by atoms with Crippen LogP contribution in [-0.2, 0) is 16.9 Å². The van der Waals surface area contributed by atoms with E-state index in [1.54, 1.807) is 0 Å². The Hall–Kier alpha value is -1.72. The third-order valence-corrected chi connectivity index (χ3v) is 4.49. The summed E-state index contributed by atoms with van der Waals surface area (Å²) < 4.78 is 0. The molecule has 0 radical (unpaired) electrons. The standard InChI is InChI=1S/C19H21NS/c1-19(2,3)18-9-7-15(8-10-18)13-21-14-17-6-4-5-16(11-17)12-20/h4-11H,13-14H2,1-3H3. The molecule has 0 N–H and O–H groups in total. The van der Waals surface area contributed by atoms with Crippen molar-refractivity contribution in [3.8, 4) is 6.07 Å². The van der Waals surface area contributed by atoms with Crippen LogP contribution in [0.5, 0.6) is 0 Å². The van der Waals surface area contributed by atoms with Crippen molar-refractivity contribution in [2.45, 2.75) is 37.7 Å². The van der Waals surface area contributed by atoms with Crippen LogP contribution in [0.25, 0.3) is 0 Å². The van der Waals surface area contributed by atoms with Gasteiger partial charge in [0, 0.05) is 11.5 Å². The zero-order chi connectivity index (χ0) is 15.3. The van der Waals surface area contributed by atoms with E-state index in [1.807, 2.05) is 30.0 Å². The first-order valence-corrected chi connectivity index (χ1v) is 8.31. The predicted molar refractivity (Wildman–Crippen MR) is 91.3 cm³/mol.